The molecule has 2 heterocycles. The fraction of sp³-hybridized carbons (Fsp3) is 0.560. The normalized spacial score (nSPS) is 20.7. The number of halogens is 2. The molecule has 2 fully saturated rings. The highest BCUT2D eigenvalue weighted by atomic mass is 35.5. The highest BCUT2D eigenvalue weighted by Crippen LogP contribution is 2.35. The van der Waals surface area contributed by atoms with Gasteiger partial charge in [0.2, 0.25) is 21.9 Å². The Morgan fingerprint density at radius 1 is 1.15 bits per heavy atom. The van der Waals surface area contributed by atoms with E-state index >= 15 is 0 Å². The van der Waals surface area contributed by atoms with Crippen LogP contribution in [-0.2, 0) is 10.0 Å². The predicted molar refractivity (Wildman–Crippen MR) is 151 cm³/mol. The van der Waals surface area contributed by atoms with Gasteiger partial charge in [0.1, 0.15) is 16.9 Å². The molecule has 39 heavy (non-hydrogen) atoms. The van der Waals surface area contributed by atoms with Crippen molar-refractivity contribution in [1.82, 2.24) is 24.5 Å². The number of hydrogen-bond donors (Lipinski definition) is 2. The Balaban J connectivity index is 1.50. The van der Waals surface area contributed by atoms with Crippen molar-refractivity contribution in [3.63, 3.8) is 0 Å². The Morgan fingerprint density at radius 2 is 1.87 bits per heavy atom. The molecule has 1 saturated heterocycles. The number of sulfonamides is 1. The summed E-state index contributed by atoms with van der Waals surface area (Å²) in [7, 11) is 1.71. The summed E-state index contributed by atoms with van der Waals surface area (Å²) in [5.41, 5.74) is 0.753. The van der Waals surface area contributed by atoms with Crippen LogP contribution in [0.5, 0.6) is 11.6 Å². The van der Waals surface area contributed by atoms with Gasteiger partial charge < -0.3 is 25.0 Å². The third-order valence-corrected chi connectivity index (χ3v) is 9.11. The summed E-state index contributed by atoms with van der Waals surface area (Å²) in [5.74, 6) is 0.410. The van der Waals surface area contributed by atoms with E-state index in [1.165, 1.54) is 23.9 Å². The number of nitrogens with zero attached hydrogens (tertiary/aromatic N) is 4. The first-order chi connectivity index (χ1) is 18.5. The minimum absolute atomic E-state index is 0.0890. The molecule has 0 spiro atoms. The number of nitrogens with one attached hydrogen (secondary N) is 2. The molecule has 1 saturated carbocycles. The van der Waals surface area contributed by atoms with E-state index < -0.39 is 16.1 Å². The Kier molecular flexibility index (Phi) is 9.43. The van der Waals surface area contributed by atoms with Crippen LogP contribution in [0.1, 0.15) is 42.5 Å². The van der Waals surface area contributed by atoms with E-state index in [9.17, 15) is 13.2 Å². The predicted octanol–water partition coefficient (Wildman–Crippen LogP) is 3.55. The number of likely N-dealkylation sites (tertiary alicyclic amines) is 1. The van der Waals surface area contributed by atoms with Gasteiger partial charge >= 0.3 is 0 Å². The van der Waals surface area contributed by atoms with E-state index in [0.29, 0.717) is 29.8 Å². The minimum atomic E-state index is -3.38. The molecule has 0 radical (unpaired) electrons. The molecule has 2 N–H and O–H groups in total. The number of carbonyl (C=O) groups is 1. The monoisotopic (exact) mass is 600 g/mol. The second-order valence-corrected chi connectivity index (χ2v) is 12.8. The van der Waals surface area contributed by atoms with Crippen molar-refractivity contribution in [3.05, 3.63) is 33.9 Å². The molecule has 1 aliphatic heterocycles. The zero-order chi connectivity index (χ0) is 28.3. The van der Waals surface area contributed by atoms with Crippen molar-refractivity contribution >= 4 is 50.8 Å². The molecule has 1 amide bonds. The standard InChI is InChI=1S/C25H34Cl2N6O5S/c1-32-10-8-15(9-11-32)29-23(34)16-12-22(37-3)19(13-17(16)26)30-25-28-14-18(27)24(31-25)38-21-7-5-6-20(21)33(2)39(4,35)36/h12-15,20-21H,5-11H2,1-4H3,(H,29,34)(H,28,30,31)/t20-,21-/m1/s1. The fourth-order valence-corrected chi connectivity index (χ4v) is 5.99. The largest absolute Gasteiger partial charge is 0.495 e. The highest BCUT2D eigenvalue weighted by molar-refractivity contribution is 7.88. The minimum Gasteiger partial charge on any atom is -0.495 e. The summed E-state index contributed by atoms with van der Waals surface area (Å²) in [4.78, 5) is 23.8. The molecule has 1 aromatic heterocycles. The molecule has 11 nitrogen and oxygen atoms in total. The summed E-state index contributed by atoms with van der Waals surface area (Å²) in [5, 5.41) is 6.55. The van der Waals surface area contributed by atoms with Crippen LogP contribution in [0.2, 0.25) is 10.0 Å². The van der Waals surface area contributed by atoms with Crippen LogP contribution in [0.15, 0.2) is 18.3 Å². The molecule has 2 atom stereocenters. The van der Waals surface area contributed by atoms with Crippen molar-refractivity contribution in [3.8, 4) is 11.6 Å². The summed E-state index contributed by atoms with van der Waals surface area (Å²) < 4.78 is 37.1. The first-order valence-corrected chi connectivity index (χ1v) is 15.3. The van der Waals surface area contributed by atoms with Crippen LogP contribution in [-0.4, -0.2) is 92.2 Å². The van der Waals surface area contributed by atoms with Gasteiger partial charge in [0, 0.05) is 13.1 Å². The van der Waals surface area contributed by atoms with Gasteiger partial charge in [-0.15, -0.1) is 0 Å². The maximum absolute atomic E-state index is 13.0. The molecule has 0 unspecified atom stereocenters. The van der Waals surface area contributed by atoms with Crippen LogP contribution in [0.25, 0.3) is 0 Å². The quantitative estimate of drug-likeness (QED) is 0.444. The number of carbonyl (C=O) groups excluding carboxylic acids is 1. The summed E-state index contributed by atoms with van der Waals surface area (Å²) in [6.07, 6.45) is 6.07. The van der Waals surface area contributed by atoms with Crippen LogP contribution < -0.4 is 20.1 Å². The number of ether oxygens (including phenoxy) is 2. The van der Waals surface area contributed by atoms with Gasteiger partial charge in [-0.05, 0) is 64.4 Å². The van der Waals surface area contributed by atoms with Gasteiger partial charge in [-0.1, -0.05) is 23.2 Å². The number of amides is 1. The number of rotatable bonds is 9. The van der Waals surface area contributed by atoms with Gasteiger partial charge in [-0.2, -0.15) is 9.29 Å². The summed E-state index contributed by atoms with van der Waals surface area (Å²) >= 11 is 12.8. The molecule has 2 aliphatic rings. The smallest absolute Gasteiger partial charge is 0.253 e. The first kappa shape index (κ1) is 29.6. The van der Waals surface area contributed by atoms with E-state index in [2.05, 4.69) is 32.5 Å². The van der Waals surface area contributed by atoms with Gasteiger partial charge in [-0.3, -0.25) is 4.79 Å². The van der Waals surface area contributed by atoms with E-state index in [1.807, 2.05) is 0 Å². The Bertz CT molecular complexity index is 1310. The average Bonchev–Trinajstić information content (AvgIpc) is 3.34. The zero-order valence-corrected chi connectivity index (χ0v) is 24.7. The maximum Gasteiger partial charge on any atom is 0.253 e. The lowest BCUT2D eigenvalue weighted by Crippen LogP contribution is -2.43. The van der Waals surface area contributed by atoms with Crippen molar-refractivity contribution in [2.24, 2.45) is 0 Å². The molecular formula is C25H34Cl2N6O5S. The molecule has 2 aromatic rings. The Labute approximate surface area is 239 Å². The number of anilines is 2. The first-order valence-electron chi connectivity index (χ1n) is 12.7. The van der Waals surface area contributed by atoms with Crippen LogP contribution in [0, 0.1) is 0 Å². The van der Waals surface area contributed by atoms with Crippen LogP contribution in [0.3, 0.4) is 0 Å². The third kappa shape index (κ3) is 7.23. The van der Waals surface area contributed by atoms with Gasteiger partial charge in [0.15, 0.2) is 0 Å². The second kappa shape index (κ2) is 12.4. The van der Waals surface area contributed by atoms with Crippen molar-refractivity contribution in [2.45, 2.75) is 50.3 Å². The summed E-state index contributed by atoms with van der Waals surface area (Å²) in [6.45, 7) is 1.85. The molecule has 1 aliphatic carbocycles. The van der Waals surface area contributed by atoms with E-state index in [4.69, 9.17) is 32.7 Å². The highest BCUT2D eigenvalue weighted by Gasteiger charge is 2.36. The second-order valence-electron chi connectivity index (χ2n) is 9.99. The van der Waals surface area contributed by atoms with E-state index in [0.717, 1.165) is 32.4 Å². The Hall–Kier alpha value is -2.38. The number of hydrogen-bond acceptors (Lipinski definition) is 9. The number of benzene rings is 1. The molecule has 0 bridgehead atoms. The van der Waals surface area contributed by atoms with E-state index in [-0.39, 0.29) is 39.9 Å². The number of methoxy groups -OCH3 is 1. The van der Waals surface area contributed by atoms with Crippen LogP contribution >= 0.6 is 23.2 Å². The van der Waals surface area contributed by atoms with Gasteiger partial charge in [-0.25, -0.2) is 13.4 Å². The molecule has 1 aromatic carbocycles. The number of likely N-dealkylation sites (N-methyl/N-ethyl adjacent to an activating group) is 1. The molecule has 4 rings (SSSR count). The van der Waals surface area contributed by atoms with Gasteiger partial charge in [0.25, 0.3) is 5.91 Å². The molecule has 14 heteroatoms. The molecular weight excluding hydrogens is 567 g/mol. The Morgan fingerprint density at radius 3 is 2.54 bits per heavy atom. The number of piperidine rings is 1. The maximum atomic E-state index is 13.0. The van der Waals surface area contributed by atoms with Crippen LogP contribution in [0.4, 0.5) is 11.6 Å². The van der Waals surface area contributed by atoms with Gasteiger partial charge in [0.05, 0.1) is 41.9 Å². The SMILES string of the molecule is COc1cc(C(=O)NC2CCN(C)CC2)c(Cl)cc1Nc1ncc(Cl)c(O[C@@H]2CCC[C@H]2N(C)S(C)(=O)=O)n1. The molecule has 214 valence electrons. The summed E-state index contributed by atoms with van der Waals surface area (Å²) in [6, 6.07) is 2.92. The lowest BCUT2D eigenvalue weighted by Gasteiger charge is -2.29. The average molecular weight is 602 g/mol. The number of aromatic nitrogens is 2. The fourth-order valence-electron chi connectivity index (χ4n) is 4.87. The zero-order valence-electron chi connectivity index (χ0n) is 22.4. The lowest BCUT2D eigenvalue weighted by atomic mass is 10.0. The topological polar surface area (TPSA) is 126 Å². The van der Waals surface area contributed by atoms with Crippen molar-refractivity contribution < 1.29 is 22.7 Å². The van der Waals surface area contributed by atoms with Crippen molar-refractivity contribution in [1.29, 1.82) is 0 Å². The lowest BCUT2D eigenvalue weighted by molar-refractivity contribution is 0.0916. The van der Waals surface area contributed by atoms with E-state index in [1.54, 1.807) is 19.2 Å². The third-order valence-electron chi connectivity index (χ3n) is 7.22. The van der Waals surface area contributed by atoms with Crippen molar-refractivity contribution in [2.75, 3.05) is 45.9 Å².